The van der Waals surface area contributed by atoms with Crippen LogP contribution in [0.3, 0.4) is 0 Å². The fourth-order valence-electron chi connectivity index (χ4n) is 2.73. The van der Waals surface area contributed by atoms with Gasteiger partial charge in [-0.25, -0.2) is 13.9 Å². The number of nitrogens with one attached hydrogen (secondary N) is 1. The van der Waals surface area contributed by atoms with Gasteiger partial charge in [-0.2, -0.15) is 18.2 Å². The normalized spacial score (nSPS) is 11.8. The minimum Gasteiger partial charge on any atom is -0.324 e. The van der Waals surface area contributed by atoms with Gasteiger partial charge in [0.25, 0.3) is 11.6 Å². The van der Waals surface area contributed by atoms with Crippen molar-refractivity contribution in [3.05, 3.63) is 51.8 Å². The lowest BCUT2D eigenvalue weighted by atomic mass is 10.1. The summed E-state index contributed by atoms with van der Waals surface area (Å²) in [5, 5.41) is 6.14. The summed E-state index contributed by atoms with van der Waals surface area (Å²) < 4.78 is 53.2. The highest BCUT2D eigenvalue weighted by Gasteiger charge is 2.36. The number of carbonyl (C=O) groups excluding carboxylic acids is 1. The molecule has 2 heterocycles. The van der Waals surface area contributed by atoms with E-state index < -0.39 is 23.7 Å². The maximum absolute atomic E-state index is 13.7. The van der Waals surface area contributed by atoms with E-state index in [1.807, 2.05) is 0 Å². The zero-order valence-electron chi connectivity index (χ0n) is 14.7. The molecule has 0 spiro atoms. The lowest BCUT2D eigenvalue weighted by Crippen LogP contribution is -2.15. The van der Waals surface area contributed by atoms with Gasteiger partial charge in [-0.05, 0) is 44.0 Å². The summed E-state index contributed by atoms with van der Waals surface area (Å²) in [5.41, 5.74) is 1.35. The fourth-order valence-corrected chi connectivity index (χ4v) is 2.91. The van der Waals surface area contributed by atoms with Crippen LogP contribution in [0.5, 0.6) is 0 Å². The molecule has 0 aliphatic carbocycles. The van der Waals surface area contributed by atoms with Crippen LogP contribution in [0.2, 0.25) is 5.02 Å². The molecule has 2 aromatic heterocycles. The van der Waals surface area contributed by atoms with E-state index in [0.29, 0.717) is 17.0 Å². The molecule has 3 aromatic rings. The van der Waals surface area contributed by atoms with E-state index in [1.54, 1.807) is 13.8 Å². The molecule has 0 saturated heterocycles. The molecular weight excluding hydrogens is 402 g/mol. The van der Waals surface area contributed by atoms with Crippen LogP contribution in [0.15, 0.2) is 18.2 Å². The summed E-state index contributed by atoms with van der Waals surface area (Å²) in [6.07, 6.45) is -4.55. The molecule has 0 radical (unpaired) electrons. The molecule has 1 N–H and O–H groups in total. The average Bonchev–Trinajstić information content (AvgIpc) is 3.02. The molecule has 6 nitrogen and oxygen atoms in total. The Bertz CT molecular complexity index is 1060. The molecule has 28 heavy (non-hydrogen) atoms. The number of hydrogen-bond acceptors (Lipinski definition) is 4. The van der Waals surface area contributed by atoms with Gasteiger partial charge in [-0.3, -0.25) is 4.79 Å². The summed E-state index contributed by atoms with van der Waals surface area (Å²) in [6.45, 7) is 3.18. The van der Waals surface area contributed by atoms with E-state index in [0.717, 1.165) is 10.6 Å². The lowest BCUT2D eigenvalue weighted by Gasteiger charge is -2.11. The maximum Gasteiger partial charge on any atom is 0.453 e. The molecular formula is C17H14ClF4N5O. The average molecular weight is 416 g/mol. The molecule has 0 bridgehead atoms. The Morgan fingerprint density at radius 1 is 1.25 bits per heavy atom. The van der Waals surface area contributed by atoms with Crippen molar-refractivity contribution in [3.8, 4) is 0 Å². The maximum atomic E-state index is 13.7. The van der Waals surface area contributed by atoms with Gasteiger partial charge in [0.05, 0.1) is 5.69 Å². The Balaban J connectivity index is 1.80. The van der Waals surface area contributed by atoms with Crippen molar-refractivity contribution in [2.45, 2.75) is 32.9 Å². The van der Waals surface area contributed by atoms with Gasteiger partial charge in [-0.15, -0.1) is 5.10 Å². The molecule has 0 unspecified atom stereocenters. The number of amides is 1. The van der Waals surface area contributed by atoms with Crippen LogP contribution in [0.4, 0.5) is 23.2 Å². The fraction of sp³-hybridized carbons (Fsp3) is 0.294. The first-order valence-electron chi connectivity index (χ1n) is 8.11. The van der Waals surface area contributed by atoms with Crippen LogP contribution >= 0.6 is 11.6 Å². The Morgan fingerprint density at radius 2 is 1.96 bits per heavy atom. The van der Waals surface area contributed by atoms with Crippen molar-refractivity contribution in [2.75, 3.05) is 5.32 Å². The minimum atomic E-state index is -4.69. The van der Waals surface area contributed by atoms with Crippen molar-refractivity contribution >= 4 is 29.0 Å². The SMILES string of the molecule is Cc1nc2nc(C(F)(F)F)nn2c(C)c1CCC(=O)Nc1cc(Cl)ccc1F. The van der Waals surface area contributed by atoms with E-state index in [9.17, 15) is 22.4 Å². The van der Waals surface area contributed by atoms with E-state index in [-0.39, 0.29) is 29.3 Å². The van der Waals surface area contributed by atoms with Gasteiger partial charge in [-0.1, -0.05) is 11.6 Å². The van der Waals surface area contributed by atoms with Gasteiger partial charge in [0.2, 0.25) is 5.91 Å². The summed E-state index contributed by atoms with van der Waals surface area (Å²) in [6, 6.07) is 3.77. The third-order valence-electron chi connectivity index (χ3n) is 4.11. The molecule has 148 valence electrons. The molecule has 0 aliphatic rings. The number of benzene rings is 1. The van der Waals surface area contributed by atoms with Crippen molar-refractivity contribution < 1.29 is 22.4 Å². The Hall–Kier alpha value is -2.75. The molecule has 11 heteroatoms. The monoisotopic (exact) mass is 415 g/mol. The number of carbonyl (C=O) groups is 1. The highest BCUT2D eigenvalue weighted by atomic mass is 35.5. The standard InChI is InChI=1S/C17H14ClF4N5O/c1-8-11(4-6-14(28)24-13-7-10(18)3-5-12(13)19)9(2)27-16(23-8)25-15(26-27)17(20,21)22/h3,5,7H,4,6H2,1-2H3,(H,24,28). The number of nitrogens with zero attached hydrogens (tertiary/aromatic N) is 4. The number of rotatable bonds is 4. The van der Waals surface area contributed by atoms with Crippen LogP contribution in [0, 0.1) is 19.7 Å². The minimum absolute atomic E-state index is 0.0400. The first-order chi connectivity index (χ1) is 13.1. The molecule has 0 aliphatic heterocycles. The van der Waals surface area contributed by atoms with E-state index in [2.05, 4.69) is 20.4 Å². The quantitative estimate of drug-likeness (QED) is 0.650. The van der Waals surface area contributed by atoms with E-state index >= 15 is 0 Å². The zero-order valence-corrected chi connectivity index (χ0v) is 15.5. The first-order valence-corrected chi connectivity index (χ1v) is 8.49. The Morgan fingerprint density at radius 3 is 2.64 bits per heavy atom. The molecule has 0 fully saturated rings. The number of fused-ring (bicyclic) bond motifs is 1. The number of aromatic nitrogens is 4. The van der Waals surface area contributed by atoms with Gasteiger partial charge in [0.1, 0.15) is 5.82 Å². The van der Waals surface area contributed by atoms with Crippen molar-refractivity contribution in [2.24, 2.45) is 0 Å². The van der Waals surface area contributed by atoms with E-state index in [4.69, 9.17) is 11.6 Å². The topological polar surface area (TPSA) is 72.2 Å². The van der Waals surface area contributed by atoms with Crippen molar-refractivity contribution in [3.63, 3.8) is 0 Å². The second-order valence-electron chi connectivity index (χ2n) is 6.08. The number of hydrogen-bond donors (Lipinski definition) is 1. The highest BCUT2D eigenvalue weighted by molar-refractivity contribution is 6.30. The summed E-state index contributed by atoms with van der Waals surface area (Å²) in [5.74, 6) is -2.56. The largest absolute Gasteiger partial charge is 0.453 e. The van der Waals surface area contributed by atoms with Crippen LogP contribution in [-0.2, 0) is 17.4 Å². The first kappa shape index (κ1) is 20.0. The number of anilines is 1. The van der Waals surface area contributed by atoms with Crippen LogP contribution in [0.25, 0.3) is 5.78 Å². The third kappa shape index (κ3) is 4.06. The molecule has 3 rings (SSSR count). The van der Waals surface area contributed by atoms with Gasteiger partial charge in [0, 0.05) is 22.8 Å². The molecule has 0 atom stereocenters. The molecule has 1 aromatic carbocycles. The number of alkyl halides is 3. The number of aryl methyl sites for hydroxylation is 2. The summed E-state index contributed by atoms with van der Waals surface area (Å²) >= 11 is 5.78. The second kappa shape index (κ2) is 7.34. The Kier molecular flexibility index (Phi) is 5.24. The lowest BCUT2D eigenvalue weighted by molar-refractivity contribution is -0.144. The van der Waals surface area contributed by atoms with Crippen molar-refractivity contribution in [1.29, 1.82) is 0 Å². The third-order valence-corrected chi connectivity index (χ3v) is 4.34. The smallest absolute Gasteiger partial charge is 0.324 e. The van der Waals surface area contributed by atoms with Crippen LogP contribution in [0.1, 0.15) is 29.2 Å². The zero-order chi connectivity index (χ0) is 20.6. The van der Waals surface area contributed by atoms with Gasteiger partial charge < -0.3 is 5.32 Å². The van der Waals surface area contributed by atoms with Gasteiger partial charge >= 0.3 is 6.18 Å². The van der Waals surface area contributed by atoms with Crippen molar-refractivity contribution in [1.82, 2.24) is 19.6 Å². The Labute approximate surface area is 161 Å². The van der Waals surface area contributed by atoms with Crippen LogP contribution < -0.4 is 5.32 Å². The van der Waals surface area contributed by atoms with Crippen LogP contribution in [-0.4, -0.2) is 25.5 Å². The summed E-state index contributed by atoms with van der Waals surface area (Å²) in [4.78, 5) is 19.6. The predicted octanol–water partition coefficient (Wildman–Crippen LogP) is 4.12. The van der Waals surface area contributed by atoms with E-state index in [1.165, 1.54) is 12.1 Å². The number of halogens is 5. The summed E-state index contributed by atoms with van der Waals surface area (Å²) in [7, 11) is 0. The highest BCUT2D eigenvalue weighted by Crippen LogP contribution is 2.27. The molecule has 1 amide bonds. The second-order valence-corrected chi connectivity index (χ2v) is 6.51. The van der Waals surface area contributed by atoms with Gasteiger partial charge in [0.15, 0.2) is 0 Å². The molecule has 0 saturated carbocycles. The predicted molar refractivity (Wildman–Crippen MR) is 93.6 cm³/mol.